The van der Waals surface area contributed by atoms with Crippen LogP contribution in [-0.2, 0) is 14.4 Å². The fourth-order valence-corrected chi connectivity index (χ4v) is 4.27. The van der Waals surface area contributed by atoms with E-state index in [1.165, 1.54) is 24.3 Å². The molecule has 31 heavy (non-hydrogen) atoms. The maximum absolute atomic E-state index is 12.7. The first kappa shape index (κ1) is 22.2. The lowest BCUT2D eigenvalue weighted by atomic mass is 10.1. The highest BCUT2D eigenvalue weighted by molar-refractivity contribution is 8.26. The van der Waals surface area contributed by atoms with Gasteiger partial charge in [-0.15, -0.1) is 0 Å². The first-order chi connectivity index (χ1) is 14.6. The maximum atomic E-state index is 12.7. The number of aryl methyl sites for hydroxylation is 1. The summed E-state index contributed by atoms with van der Waals surface area (Å²) in [7, 11) is 0. The first-order valence-corrected chi connectivity index (χ1v) is 9.94. The van der Waals surface area contributed by atoms with Gasteiger partial charge in [0.1, 0.15) is 21.9 Å². The van der Waals surface area contributed by atoms with Gasteiger partial charge in [0, 0.05) is 12.1 Å². The Hall–Kier alpha value is -3.51. The smallest absolute Gasteiger partial charge is 0.327 e. The van der Waals surface area contributed by atoms with Gasteiger partial charge in [0.05, 0.1) is 21.8 Å². The van der Waals surface area contributed by atoms with E-state index in [2.05, 4.69) is 0 Å². The standard InChI is InChI=1S/C19H15N3O7S2/c1-9-2-4-11(12(6-9)22(27)28)14-5-3-10(29-14)7-15-17(24)21(19(30)31-15)13(18(25)26)8-16(20)23/h2-7,13H,8H2,1H3,(H2,20,23)(H,25,26)/b15-7+. The van der Waals surface area contributed by atoms with E-state index >= 15 is 0 Å². The number of primary amides is 1. The van der Waals surface area contributed by atoms with Crippen molar-refractivity contribution in [1.29, 1.82) is 0 Å². The Labute approximate surface area is 184 Å². The minimum atomic E-state index is -1.52. The monoisotopic (exact) mass is 461 g/mol. The van der Waals surface area contributed by atoms with Crippen molar-refractivity contribution < 1.29 is 28.8 Å². The minimum absolute atomic E-state index is 0.0362. The van der Waals surface area contributed by atoms with Gasteiger partial charge in [0.15, 0.2) is 0 Å². The molecule has 1 unspecified atom stereocenters. The summed E-state index contributed by atoms with van der Waals surface area (Å²) in [5.74, 6) is -2.57. The van der Waals surface area contributed by atoms with Crippen molar-refractivity contribution in [1.82, 2.24) is 4.90 Å². The van der Waals surface area contributed by atoms with E-state index in [9.17, 15) is 29.6 Å². The number of furan rings is 1. The van der Waals surface area contributed by atoms with E-state index in [0.717, 1.165) is 22.2 Å². The van der Waals surface area contributed by atoms with Gasteiger partial charge in [-0.3, -0.25) is 24.6 Å². The lowest BCUT2D eigenvalue weighted by Gasteiger charge is -2.21. The molecule has 10 nitrogen and oxygen atoms in total. The highest BCUT2D eigenvalue weighted by Crippen LogP contribution is 2.36. The second kappa shape index (κ2) is 8.70. The van der Waals surface area contributed by atoms with Gasteiger partial charge in [0.25, 0.3) is 11.6 Å². The van der Waals surface area contributed by atoms with E-state index < -0.39 is 35.2 Å². The summed E-state index contributed by atoms with van der Waals surface area (Å²) in [5.41, 5.74) is 5.95. The topological polar surface area (TPSA) is 157 Å². The zero-order valence-corrected chi connectivity index (χ0v) is 17.6. The predicted molar refractivity (Wildman–Crippen MR) is 116 cm³/mol. The Morgan fingerprint density at radius 1 is 1.39 bits per heavy atom. The van der Waals surface area contributed by atoms with Crippen molar-refractivity contribution in [3.8, 4) is 11.3 Å². The predicted octanol–water partition coefficient (Wildman–Crippen LogP) is 2.69. The number of thiocarbonyl (C=S) groups is 1. The molecule has 1 aliphatic rings. The highest BCUT2D eigenvalue weighted by atomic mass is 32.2. The number of amides is 2. The van der Waals surface area contributed by atoms with Crippen LogP contribution in [0.25, 0.3) is 17.4 Å². The third-order valence-corrected chi connectivity index (χ3v) is 5.66. The van der Waals surface area contributed by atoms with Crippen LogP contribution in [0.4, 0.5) is 5.69 Å². The average Bonchev–Trinajstić information content (AvgIpc) is 3.24. The number of nitrogens with two attached hydrogens (primary N) is 1. The van der Waals surface area contributed by atoms with E-state index in [0.29, 0.717) is 0 Å². The molecule has 1 aromatic carbocycles. The number of hydrogen-bond acceptors (Lipinski definition) is 8. The van der Waals surface area contributed by atoms with E-state index in [1.807, 2.05) is 0 Å². The number of nitro benzene ring substituents is 1. The molecule has 1 atom stereocenters. The first-order valence-electron chi connectivity index (χ1n) is 8.72. The molecule has 0 spiro atoms. The zero-order valence-electron chi connectivity index (χ0n) is 15.9. The van der Waals surface area contributed by atoms with E-state index in [4.69, 9.17) is 22.4 Å². The van der Waals surface area contributed by atoms with Crippen LogP contribution in [0.3, 0.4) is 0 Å². The molecule has 0 aliphatic carbocycles. The molecule has 2 aromatic rings. The second-order valence-electron chi connectivity index (χ2n) is 6.56. The SMILES string of the molecule is Cc1ccc(-c2ccc(/C=C3/SC(=S)N(C(CC(N)=O)C(=O)O)C3=O)o2)c([N+](=O)[O-])c1. The molecule has 1 saturated heterocycles. The lowest BCUT2D eigenvalue weighted by molar-refractivity contribution is -0.384. The molecule has 2 amide bonds. The fourth-order valence-electron chi connectivity index (χ4n) is 2.93. The number of benzene rings is 1. The third-order valence-electron chi connectivity index (χ3n) is 4.33. The molecule has 1 fully saturated rings. The Morgan fingerprint density at radius 2 is 2.10 bits per heavy atom. The van der Waals surface area contributed by atoms with Crippen molar-refractivity contribution in [2.45, 2.75) is 19.4 Å². The second-order valence-corrected chi connectivity index (χ2v) is 8.23. The van der Waals surface area contributed by atoms with Crippen LogP contribution in [0.15, 0.2) is 39.7 Å². The minimum Gasteiger partial charge on any atom is -0.480 e. The summed E-state index contributed by atoms with van der Waals surface area (Å²) < 4.78 is 5.62. The molecule has 160 valence electrons. The van der Waals surface area contributed by atoms with Gasteiger partial charge in [-0.05, 0) is 30.7 Å². The van der Waals surface area contributed by atoms with Gasteiger partial charge >= 0.3 is 5.97 Å². The Kier molecular flexibility index (Phi) is 6.22. The largest absolute Gasteiger partial charge is 0.480 e. The van der Waals surface area contributed by atoms with Crippen LogP contribution in [0.2, 0.25) is 0 Å². The summed E-state index contributed by atoms with van der Waals surface area (Å²) >= 11 is 5.95. The number of carboxylic acid groups (broad SMARTS) is 1. The molecule has 0 saturated carbocycles. The van der Waals surface area contributed by atoms with Crippen molar-refractivity contribution in [3.05, 3.63) is 56.7 Å². The van der Waals surface area contributed by atoms with Crippen molar-refractivity contribution in [3.63, 3.8) is 0 Å². The van der Waals surface area contributed by atoms with Crippen LogP contribution in [0, 0.1) is 17.0 Å². The highest BCUT2D eigenvalue weighted by Gasteiger charge is 2.41. The third kappa shape index (κ3) is 4.64. The number of hydrogen-bond donors (Lipinski definition) is 2. The van der Waals surface area contributed by atoms with Crippen molar-refractivity contribution in [2.24, 2.45) is 5.73 Å². The van der Waals surface area contributed by atoms with Gasteiger partial charge in [-0.2, -0.15) is 0 Å². The molecule has 2 heterocycles. The summed E-state index contributed by atoms with van der Waals surface area (Å²) in [6, 6.07) is 6.23. The molecular weight excluding hydrogens is 446 g/mol. The number of carbonyl (C=O) groups excluding carboxylic acids is 2. The Bertz CT molecular complexity index is 1160. The zero-order chi connectivity index (χ0) is 22.9. The number of aliphatic carboxylic acids is 1. The van der Waals surface area contributed by atoms with E-state index in [-0.39, 0.29) is 32.0 Å². The Morgan fingerprint density at radius 3 is 2.71 bits per heavy atom. The number of nitro groups is 1. The summed E-state index contributed by atoms with van der Waals surface area (Å²) in [5, 5.41) is 20.7. The summed E-state index contributed by atoms with van der Waals surface area (Å²) in [6.07, 6.45) is 0.767. The lowest BCUT2D eigenvalue weighted by Crippen LogP contribution is -2.46. The quantitative estimate of drug-likeness (QED) is 0.274. The Balaban J connectivity index is 1.91. The molecule has 0 radical (unpaired) electrons. The maximum Gasteiger partial charge on any atom is 0.327 e. The molecule has 1 aliphatic heterocycles. The number of thioether (sulfide) groups is 1. The molecule has 0 bridgehead atoms. The fraction of sp³-hybridized carbons (Fsp3) is 0.158. The molecule has 3 N–H and O–H groups in total. The van der Waals surface area contributed by atoms with Crippen LogP contribution < -0.4 is 5.73 Å². The molecule has 3 rings (SSSR count). The number of carboxylic acids is 1. The number of carbonyl (C=O) groups is 3. The molecule has 12 heteroatoms. The van der Waals surface area contributed by atoms with Crippen molar-refractivity contribution in [2.75, 3.05) is 0 Å². The van der Waals surface area contributed by atoms with Gasteiger partial charge < -0.3 is 15.3 Å². The van der Waals surface area contributed by atoms with Gasteiger partial charge in [-0.25, -0.2) is 4.79 Å². The van der Waals surface area contributed by atoms with Gasteiger partial charge in [-0.1, -0.05) is 30.0 Å². The number of nitrogens with zero attached hydrogens (tertiary/aromatic N) is 2. The normalized spacial score (nSPS) is 16.0. The van der Waals surface area contributed by atoms with Crippen molar-refractivity contribution >= 4 is 57.8 Å². The van der Waals surface area contributed by atoms with Gasteiger partial charge in [0.2, 0.25) is 5.91 Å². The molecular formula is C19H15N3O7S2. The summed E-state index contributed by atoms with van der Waals surface area (Å²) in [4.78, 5) is 47.1. The van der Waals surface area contributed by atoms with Crippen LogP contribution in [0.1, 0.15) is 17.7 Å². The van der Waals surface area contributed by atoms with Crippen LogP contribution in [0.5, 0.6) is 0 Å². The average molecular weight is 461 g/mol. The van der Waals surface area contributed by atoms with Crippen LogP contribution in [-0.4, -0.2) is 43.1 Å². The molecule has 1 aromatic heterocycles. The number of rotatable bonds is 7. The van der Waals surface area contributed by atoms with Crippen LogP contribution >= 0.6 is 24.0 Å². The van der Waals surface area contributed by atoms with E-state index in [1.54, 1.807) is 19.1 Å². The summed E-state index contributed by atoms with van der Waals surface area (Å²) in [6.45, 7) is 1.73.